The van der Waals surface area contributed by atoms with Gasteiger partial charge in [0.25, 0.3) is 0 Å². The second kappa shape index (κ2) is 11.4. The molecule has 1 aromatic carbocycles. The summed E-state index contributed by atoms with van der Waals surface area (Å²) in [4.78, 5) is 4.67. The van der Waals surface area contributed by atoms with Gasteiger partial charge in [0, 0.05) is 36.1 Å². The van der Waals surface area contributed by atoms with Crippen LogP contribution in [0.25, 0.3) is 0 Å². The van der Waals surface area contributed by atoms with Gasteiger partial charge >= 0.3 is 0 Å². The first-order chi connectivity index (χ1) is 11.2. The molecule has 0 unspecified atom stereocenters. The van der Waals surface area contributed by atoms with E-state index in [1.807, 2.05) is 36.0 Å². The van der Waals surface area contributed by atoms with Gasteiger partial charge in [-0.1, -0.05) is 23.7 Å². The minimum atomic E-state index is 0. The van der Waals surface area contributed by atoms with Crippen molar-refractivity contribution < 1.29 is 4.74 Å². The molecule has 0 radical (unpaired) electrons. The van der Waals surface area contributed by atoms with Crippen molar-refractivity contribution in [2.45, 2.75) is 31.1 Å². The van der Waals surface area contributed by atoms with Crippen LogP contribution in [0.5, 0.6) is 0 Å². The number of thioether (sulfide) groups is 1. The highest BCUT2D eigenvalue weighted by molar-refractivity contribution is 14.0. The van der Waals surface area contributed by atoms with E-state index in [2.05, 4.69) is 28.8 Å². The van der Waals surface area contributed by atoms with Crippen LogP contribution in [0.4, 0.5) is 0 Å². The molecule has 0 spiro atoms. The monoisotopic (exact) mass is 483 g/mol. The van der Waals surface area contributed by atoms with Crippen LogP contribution in [0.2, 0.25) is 5.02 Å². The predicted molar refractivity (Wildman–Crippen MR) is 116 cm³/mol. The first kappa shape index (κ1) is 21.9. The van der Waals surface area contributed by atoms with Crippen LogP contribution in [0.15, 0.2) is 29.3 Å². The van der Waals surface area contributed by atoms with Crippen LogP contribution in [-0.4, -0.2) is 43.3 Å². The molecule has 1 heterocycles. The van der Waals surface area contributed by atoms with E-state index >= 15 is 0 Å². The minimum Gasteiger partial charge on any atom is -0.381 e. The molecule has 136 valence electrons. The molecule has 0 aromatic heterocycles. The number of nitrogens with one attached hydrogen (secondary N) is 2. The molecule has 7 heteroatoms. The lowest BCUT2D eigenvalue weighted by molar-refractivity contribution is 0.0783. The van der Waals surface area contributed by atoms with E-state index in [1.165, 1.54) is 0 Å². The number of ether oxygens (including phenoxy) is 1. The van der Waals surface area contributed by atoms with E-state index in [-0.39, 0.29) is 28.7 Å². The Morgan fingerprint density at radius 3 is 2.71 bits per heavy atom. The number of guanidine groups is 1. The van der Waals surface area contributed by atoms with Crippen molar-refractivity contribution in [2.24, 2.45) is 4.99 Å². The molecule has 0 amide bonds. The van der Waals surface area contributed by atoms with Crippen molar-refractivity contribution in [3.8, 4) is 0 Å². The number of hydrogen-bond donors (Lipinski definition) is 2. The molecular formula is C17H27ClIN3OS. The second-order valence-electron chi connectivity index (χ2n) is 5.68. The topological polar surface area (TPSA) is 45.7 Å². The third kappa shape index (κ3) is 6.98. The summed E-state index contributed by atoms with van der Waals surface area (Å²) in [5, 5.41) is 7.56. The number of benzene rings is 1. The summed E-state index contributed by atoms with van der Waals surface area (Å²) >= 11 is 7.95. The average Bonchev–Trinajstić information content (AvgIpc) is 2.58. The summed E-state index contributed by atoms with van der Waals surface area (Å²) in [6, 6.07) is 7.83. The van der Waals surface area contributed by atoms with E-state index in [0.717, 1.165) is 55.7 Å². The van der Waals surface area contributed by atoms with Gasteiger partial charge in [-0.2, -0.15) is 11.8 Å². The molecule has 2 rings (SSSR count). The Balaban J connectivity index is 0.00000288. The maximum absolute atomic E-state index is 6.03. The summed E-state index contributed by atoms with van der Waals surface area (Å²) in [6.45, 7) is 6.13. The first-order valence-corrected chi connectivity index (χ1v) is 9.67. The normalized spacial score (nSPS) is 17.0. The van der Waals surface area contributed by atoms with Crippen LogP contribution in [0.1, 0.15) is 25.3 Å². The molecule has 0 aliphatic carbocycles. The van der Waals surface area contributed by atoms with Crippen molar-refractivity contribution in [3.05, 3.63) is 34.9 Å². The van der Waals surface area contributed by atoms with Crippen molar-refractivity contribution in [1.82, 2.24) is 10.6 Å². The van der Waals surface area contributed by atoms with Gasteiger partial charge < -0.3 is 15.4 Å². The predicted octanol–water partition coefficient (Wildman–Crippen LogP) is 3.93. The van der Waals surface area contributed by atoms with Crippen LogP contribution in [0.3, 0.4) is 0 Å². The zero-order valence-corrected chi connectivity index (χ0v) is 18.2. The van der Waals surface area contributed by atoms with Crippen molar-refractivity contribution in [3.63, 3.8) is 0 Å². The molecule has 0 atom stereocenters. The smallest absolute Gasteiger partial charge is 0.191 e. The van der Waals surface area contributed by atoms with E-state index in [9.17, 15) is 0 Å². The third-order valence-corrected chi connectivity index (χ3v) is 5.72. The van der Waals surface area contributed by atoms with Crippen LogP contribution < -0.4 is 10.6 Å². The lowest BCUT2D eigenvalue weighted by Gasteiger charge is -2.36. The molecular weight excluding hydrogens is 457 g/mol. The fourth-order valence-electron chi connectivity index (χ4n) is 2.59. The van der Waals surface area contributed by atoms with Crippen molar-refractivity contribution >= 4 is 53.3 Å². The van der Waals surface area contributed by atoms with Crippen molar-refractivity contribution in [2.75, 3.05) is 32.6 Å². The number of nitrogens with zero attached hydrogens (tertiary/aromatic N) is 1. The molecule has 0 saturated carbocycles. The SMILES string of the molecule is CCNC(=NCc1cccc(Cl)c1)NCC1(SC)CCOCC1.I. The highest BCUT2D eigenvalue weighted by atomic mass is 127. The quantitative estimate of drug-likeness (QED) is 0.366. The van der Waals surface area contributed by atoms with Gasteiger partial charge in [0.05, 0.1) is 6.54 Å². The Morgan fingerprint density at radius 1 is 1.33 bits per heavy atom. The van der Waals surface area contributed by atoms with Gasteiger partial charge in [0.15, 0.2) is 5.96 Å². The molecule has 2 N–H and O–H groups in total. The van der Waals surface area contributed by atoms with Gasteiger partial charge in [-0.3, -0.25) is 0 Å². The molecule has 1 saturated heterocycles. The number of halogens is 2. The lowest BCUT2D eigenvalue weighted by Crippen LogP contribution is -2.47. The lowest BCUT2D eigenvalue weighted by atomic mass is 9.99. The van der Waals surface area contributed by atoms with Gasteiger partial charge in [-0.15, -0.1) is 24.0 Å². The van der Waals surface area contributed by atoms with E-state index in [0.29, 0.717) is 6.54 Å². The van der Waals surface area contributed by atoms with Crippen LogP contribution in [-0.2, 0) is 11.3 Å². The van der Waals surface area contributed by atoms with Gasteiger partial charge in [-0.25, -0.2) is 4.99 Å². The fraction of sp³-hybridized carbons (Fsp3) is 0.588. The Bertz CT molecular complexity index is 524. The minimum absolute atomic E-state index is 0. The van der Waals surface area contributed by atoms with Gasteiger partial charge in [-0.05, 0) is 43.7 Å². The summed E-state index contributed by atoms with van der Waals surface area (Å²) in [5.41, 5.74) is 1.11. The van der Waals surface area contributed by atoms with E-state index < -0.39 is 0 Å². The highest BCUT2D eigenvalue weighted by Crippen LogP contribution is 2.32. The summed E-state index contributed by atoms with van der Waals surface area (Å²) in [5.74, 6) is 0.854. The highest BCUT2D eigenvalue weighted by Gasteiger charge is 2.31. The Hall–Kier alpha value is -0.180. The number of rotatable bonds is 6. The van der Waals surface area contributed by atoms with E-state index in [4.69, 9.17) is 16.3 Å². The fourth-order valence-corrected chi connectivity index (χ4v) is 3.59. The van der Waals surface area contributed by atoms with Crippen molar-refractivity contribution in [1.29, 1.82) is 0 Å². The molecule has 1 aliphatic heterocycles. The third-order valence-electron chi connectivity index (χ3n) is 4.07. The molecule has 24 heavy (non-hydrogen) atoms. The standard InChI is InChI=1S/C17H26ClN3OS.HI/c1-3-19-16(20-12-14-5-4-6-15(18)11-14)21-13-17(23-2)7-9-22-10-8-17;/h4-6,11H,3,7-10,12-13H2,1-2H3,(H2,19,20,21);1H. The summed E-state index contributed by atoms with van der Waals surface area (Å²) < 4.78 is 5.74. The zero-order valence-electron chi connectivity index (χ0n) is 14.3. The first-order valence-electron chi connectivity index (χ1n) is 8.07. The summed E-state index contributed by atoms with van der Waals surface area (Å²) in [6.07, 6.45) is 4.34. The average molecular weight is 484 g/mol. The number of hydrogen-bond acceptors (Lipinski definition) is 3. The largest absolute Gasteiger partial charge is 0.381 e. The molecule has 1 aromatic rings. The molecule has 1 fully saturated rings. The maximum Gasteiger partial charge on any atom is 0.191 e. The Kier molecular flexibility index (Phi) is 10.4. The molecule has 1 aliphatic rings. The number of aliphatic imine (C=N–C) groups is 1. The summed E-state index contributed by atoms with van der Waals surface area (Å²) in [7, 11) is 0. The molecule has 0 bridgehead atoms. The van der Waals surface area contributed by atoms with Gasteiger partial charge in [0.1, 0.15) is 0 Å². The van der Waals surface area contributed by atoms with Crippen LogP contribution >= 0.6 is 47.3 Å². The van der Waals surface area contributed by atoms with E-state index in [1.54, 1.807) is 0 Å². The van der Waals surface area contributed by atoms with Crippen LogP contribution in [0, 0.1) is 0 Å². The Labute approximate surface area is 171 Å². The van der Waals surface area contributed by atoms with Gasteiger partial charge in [0.2, 0.25) is 0 Å². The Morgan fingerprint density at radius 2 is 2.08 bits per heavy atom. The molecule has 4 nitrogen and oxygen atoms in total. The second-order valence-corrected chi connectivity index (χ2v) is 7.39. The maximum atomic E-state index is 6.03. The zero-order chi connectivity index (χ0) is 16.5.